The van der Waals surface area contributed by atoms with Gasteiger partial charge in [0.2, 0.25) is 5.91 Å². The van der Waals surface area contributed by atoms with Crippen LogP contribution in [0, 0.1) is 0 Å². The van der Waals surface area contributed by atoms with Crippen LogP contribution in [0.15, 0.2) is 24.3 Å². The first kappa shape index (κ1) is 35.5. The van der Waals surface area contributed by atoms with Gasteiger partial charge in [-0.2, -0.15) is 0 Å². The van der Waals surface area contributed by atoms with E-state index in [1.165, 1.54) is 47.5 Å². The van der Waals surface area contributed by atoms with Crippen molar-refractivity contribution >= 4 is 35.5 Å². The minimum Gasteiger partial charge on any atom is -0.480 e. The van der Waals surface area contributed by atoms with Crippen LogP contribution in [0.4, 0.5) is 5.69 Å². The molecule has 230 valence electrons. The van der Waals surface area contributed by atoms with Crippen molar-refractivity contribution in [3.05, 3.63) is 29.8 Å². The van der Waals surface area contributed by atoms with E-state index in [2.05, 4.69) is 12.2 Å². The maximum absolute atomic E-state index is 12.7. The number of nitrogens with zero attached hydrogens (tertiary/aromatic N) is 3. The van der Waals surface area contributed by atoms with Crippen LogP contribution in [-0.2, 0) is 30.4 Å². The summed E-state index contributed by atoms with van der Waals surface area (Å²) in [7, 11) is 0. The van der Waals surface area contributed by atoms with Crippen molar-refractivity contribution in [3.8, 4) is 0 Å². The third-order valence-corrected chi connectivity index (χ3v) is 6.32. The summed E-state index contributed by atoms with van der Waals surface area (Å²) in [6.45, 7) is 0.132. The first-order chi connectivity index (χ1) is 19.5. The highest BCUT2D eigenvalue weighted by Gasteiger charge is 2.19. The number of unbranched alkanes of at least 4 members (excludes halogenated alkanes) is 5. The molecule has 13 nitrogen and oxygen atoms in total. The third kappa shape index (κ3) is 18.4. The average molecular weight is 581 g/mol. The average Bonchev–Trinajstić information content (AvgIpc) is 2.87. The number of aliphatic carboxylic acids is 4. The van der Waals surface area contributed by atoms with Gasteiger partial charge in [-0.05, 0) is 30.5 Å². The molecule has 0 aromatic heterocycles. The second-order valence-corrected chi connectivity index (χ2v) is 10.0. The molecule has 0 atom stereocenters. The standard InChI is InChI=1S/C28H44N4O9/c1-2-3-4-5-6-7-8-22-9-11-23(12-10-22)29-24(33)17-31(19-26(36)37)15-13-30(18-25(34)35)14-16-32(20-27(38)39)21-28(40)41/h9-12H,2-8,13-21H2,1H3,(H,29,33)(H,34,35)(H,36,37)(H,38,39)(H,40,41). The van der Waals surface area contributed by atoms with Gasteiger partial charge in [-0.15, -0.1) is 0 Å². The molecule has 41 heavy (non-hydrogen) atoms. The number of nitrogens with one attached hydrogen (secondary N) is 1. The molecule has 0 aliphatic carbocycles. The van der Waals surface area contributed by atoms with Crippen molar-refractivity contribution in [2.24, 2.45) is 0 Å². The van der Waals surface area contributed by atoms with E-state index >= 15 is 0 Å². The van der Waals surface area contributed by atoms with Gasteiger partial charge < -0.3 is 25.7 Å². The molecular weight excluding hydrogens is 536 g/mol. The molecule has 0 bridgehead atoms. The Morgan fingerprint density at radius 3 is 1.49 bits per heavy atom. The number of hydrogen-bond acceptors (Lipinski definition) is 8. The molecule has 1 rings (SSSR count). The van der Waals surface area contributed by atoms with Crippen molar-refractivity contribution in [1.82, 2.24) is 14.7 Å². The second kappa shape index (κ2) is 20.3. The molecule has 0 unspecified atom stereocenters. The number of hydrogen-bond donors (Lipinski definition) is 5. The minimum atomic E-state index is -1.22. The molecule has 0 heterocycles. The van der Waals surface area contributed by atoms with E-state index in [1.54, 1.807) is 12.1 Å². The number of carbonyl (C=O) groups is 5. The molecule has 1 aromatic rings. The van der Waals surface area contributed by atoms with Crippen LogP contribution in [0.2, 0.25) is 0 Å². The number of carboxylic acids is 4. The zero-order valence-electron chi connectivity index (χ0n) is 23.8. The van der Waals surface area contributed by atoms with E-state index in [0.29, 0.717) is 5.69 Å². The first-order valence-corrected chi connectivity index (χ1v) is 13.9. The molecular formula is C28H44N4O9. The van der Waals surface area contributed by atoms with Gasteiger partial charge in [-0.25, -0.2) is 0 Å². The largest absolute Gasteiger partial charge is 0.480 e. The van der Waals surface area contributed by atoms with Crippen LogP contribution in [0.1, 0.15) is 51.0 Å². The van der Waals surface area contributed by atoms with Crippen molar-refractivity contribution < 1.29 is 44.4 Å². The molecule has 0 spiro atoms. The van der Waals surface area contributed by atoms with Gasteiger partial charge in [0.05, 0.1) is 32.7 Å². The smallest absolute Gasteiger partial charge is 0.317 e. The SMILES string of the molecule is CCCCCCCCc1ccc(NC(=O)CN(CCN(CCN(CC(=O)O)CC(=O)O)CC(=O)O)CC(=O)O)cc1. The number of anilines is 1. The number of amides is 1. The quantitative estimate of drug-likeness (QED) is 0.112. The Kier molecular flexibility index (Phi) is 17.6. The fourth-order valence-electron chi connectivity index (χ4n) is 4.30. The summed E-state index contributed by atoms with van der Waals surface area (Å²) >= 11 is 0. The lowest BCUT2D eigenvalue weighted by Crippen LogP contribution is -2.46. The highest BCUT2D eigenvalue weighted by atomic mass is 16.4. The summed E-state index contributed by atoms with van der Waals surface area (Å²) in [5.74, 6) is -5.18. The van der Waals surface area contributed by atoms with Crippen molar-refractivity contribution in [2.75, 3.05) is 64.2 Å². The normalized spacial score (nSPS) is 11.2. The second-order valence-electron chi connectivity index (χ2n) is 10.0. The summed E-state index contributed by atoms with van der Waals surface area (Å²) in [5, 5.41) is 39.3. The Morgan fingerprint density at radius 1 is 0.585 bits per heavy atom. The first-order valence-electron chi connectivity index (χ1n) is 13.9. The molecule has 1 amide bonds. The fourth-order valence-corrected chi connectivity index (χ4v) is 4.30. The molecule has 0 saturated heterocycles. The maximum Gasteiger partial charge on any atom is 0.317 e. The van der Waals surface area contributed by atoms with Crippen molar-refractivity contribution in [3.63, 3.8) is 0 Å². The fraction of sp³-hybridized carbons (Fsp3) is 0.607. The summed E-state index contributed by atoms with van der Waals surface area (Å²) in [6.07, 6.45) is 8.23. The molecule has 5 N–H and O–H groups in total. The zero-order valence-corrected chi connectivity index (χ0v) is 23.8. The third-order valence-electron chi connectivity index (χ3n) is 6.32. The monoisotopic (exact) mass is 580 g/mol. The lowest BCUT2D eigenvalue weighted by atomic mass is 10.0. The predicted molar refractivity (Wildman–Crippen MR) is 152 cm³/mol. The number of aryl methyl sites for hydroxylation is 1. The molecule has 0 aliphatic heterocycles. The van der Waals surface area contributed by atoms with E-state index in [9.17, 15) is 34.2 Å². The molecule has 0 aliphatic rings. The topological polar surface area (TPSA) is 188 Å². The number of carboxylic acid groups (broad SMARTS) is 4. The van der Waals surface area contributed by atoms with Crippen LogP contribution >= 0.6 is 0 Å². The maximum atomic E-state index is 12.7. The Bertz CT molecular complexity index is 956. The highest BCUT2D eigenvalue weighted by Crippen LogP contribution is 2.14. The highest BCUT2D eigenvalue weighted by molar-refractivity contribution is 5.92. The van der Waals surface area contributed by atoms with Gasteiger partial charge in [0, 0.05) is 31.9 Å². The summed E-state index contributed by atoms with van der Waals surface area (Å²) < 4.78 is 0. The van der Waals surface area contributed by atoms with E-state index in [-0.39, 0.29) is 32.7 Å². The van der Waals surface area contributed by atoms with E-state index < -0.39 is 56.0 Å². The zero-order chi connectivity index (χ0) is 30.6. The lowest BCUT2D eigenvalue weighted by molar-refractivity contribution is -0.143. The summed E-state index contributed by atoms with van der Waals surface area (Å²) in [4.78, 5) is 61.4. The van der Waals surface area contributed by atoms with Crippen molar-refractivity contribution in [1.29, 1.82) is 0 Å². The Labute approximate surface area is 240 Å². The Morgan fingerprint density at radius 2 is 1.00 bits per heavy atom. The number of rotatable bonds is 24. The van der Waals surface area contributed by atoms with Gasteiger partial charge in [0.25, 0.3) is 0 Å². The van der Waals surface area contributed by atoms with Crippen LogP contribution in [0.25, 0.3) is 0 Å². The summed E-state index contributed by atoms with van der Waals surface area (Å²) in [6, 6.07) is 7.53. The van der Waals surface area contributed by atoms with E-state index in [1.807, 2.05) is 12.1 Å². The Hall–Kier alpha value is -3.55. The van der Waals surface area contributed by atoms with E-state index in [0.717, 1.165) is 17.7 Å². The molecule has 0 saturated carbocycles. The number of benzene rings is 1. The van der Waals surface area contributed by atoms with Gasteiger partial charge in [-0.1, -0.05) is 51.2 Å². The lowest BCUT2D eigenvalue weighted by Gasteiger charge is -2.27. The van der Waals surface area contributed by atoms with E-state index in [4.69, 9.17) is 10.2 Å². The Balaban J connectivity index is 2.66. The van der Waals surface area contributed by atoms with Gasteiger partial charge in [0.15, 0.2) is 0 Å². The minimum absolute atomic E-state index is 0.0276. The van der Waals surface area contributed by atoms with Crippen LogP contribution in [0.3, 0.4) is 0 Å². The van der Waals surface area contributed by atoms with Crippen LogP contribution in [-0.4, -0.2) is 124 Å². The van der Waals surface area contributed by atoms with Crippen LogP contribution in [0.5, 0.6) is 0 Å². The molecule has 0 radical (unpaired) electrons. The molecule has 13 heteroatoms. The van der Waals surface area contributed by atoms with Gasteiger partial charge >= 0.3 is 23.9 Å². The van der Waals surface area contributed by atoms with Gasteiger partial charge in [0.1, 0.15) is 0 Å². The molecule has 0 fully saturated rings. The van der Waals surface area contributed by atoms with Crippen molar-refractivity contribution in [2.45, 2.75) is 51.9 Å². The van der Waals surface area contributed by atoms with Crippen LogP contribution < -0.4 is 5.32 Å². The number of carbonyl (C=O) groups excluding carboxylic acids is 1. The van der Waals surface area contributed by atoms with Gasteiger partial charge in [-0.3, -0.25) is 38.7 Å². The predicted octanol–water partition coefficient (Wildman–Crippen LogP) is 1.77. The molecule has 1 aromatic carbocycles. The summed E-state index contributed by atoms with van der Waals surface area (Å²) in [5.41, 5.74) is 1.76.